The second kappa shape index (κ2) is 5.59. The van der Waals surface area contributed by atoms with Crippen LogP contribution in [0.1, 0.15) is 43.7 Å². The number of pyridine rings is 1. The summed E-state index contributed by atoms with van der Waals surface area (Å²) in [5.74, 6) is -0.362. The number of rotatable bonds is 3. The summed E-state index contributed by atoms with van der Waals surface area (Å²) >= 11 is 0. The fourth-order valence-electron chi connectivity index (χ4n) is 1.89. The van der Waals surface area contributed by atoms with Gasteiger partial charge in [-0.3, -0.25) is 9.78 Å². The van der Waals surface area contributed by atoms with Crippen LogP contribution in [0.5, 0.6) is 0 Å². The molecule has 1 rings (SSSR count). The van der Waals surface area contributed by atoms with Crippen molar-refractivity contribution in [1.82, 2.24) is 9.88 Å². The number of aromatic nitrogens is 1. The Kier molecular flexibility index (Phi) is 4.55. The summed E-state index contributed by atoms with van der Waals surface area (Å²) in [7, 11) is 0. The summed E-state index contributed by atoms with van der Waals surface area (Å²) in [4.78, 5) is 17.4. The Morgan fingerprint density at radius 1 is 1.16 bits per heavy atom. The van der Waals surface area contributed by atoms with Gasteiger partial charge in [0.2, 0.25) is 0 Å². The average Bonchev–Trinajstić information content (AvgIpc) is 2.27. The predicted molar refractivity (Wildman–Crippen MR) is 65.7 cm³/mol. The van der Waals surface area contributed by atoms with E-state index in [1.807, 2.05) is 27.7 Å². The molecule has 0 aliphatic heterocycles. The van der Waals surface area contributed by atoms with Crippen LogP contribution in [0, 0.1) is 0 Å². The fraction of sp³-hybridized carbons (Fsp3) is 0.538. The number of carbonyl (C=O) groups excluding carboxylic acids is 1. The number of carbonyl (C=O) groups is 1. The monoisotopic (exact) mass is 274 g/mol. The average molecular weight is 274 g/mol. The zero-order valence-electron chi connectivity index (χ0n) is 11.3. The minimum atomic E-state index is -4.44. The summed E-state index contributed by atoms with van der Waals surface area (Å²) in [6.45, 7) is 7.40. The standard InChI is InChI=1S/C13H17F3N2O/c1-8(2)18(9(3)4)12(19)11-6-5-10(7-17-11)13(14,15)16/h5-9H,1-4H3. The first-order valence-electron chi connectivity index (χ1n) is 6.00. The van der Waals surface area contributed by atoms with Crippen molar-refractivity contribution in [2.24, 2.45) is 0 Å². The summed E-state index contributed by atoms with van der Waals surface area (Å²) in [6, 6.07) is 1.90. The molecule has 1 aromatic heterocycles. The van der Waals surface area contributed by atoms with Gasteiger partial charge >= 0.3 is 6.18 Å². The van der Waals surface area contributed by atoms with Crippen LogP contribution in [0.15, 0.2) is 18.3 Å². The van der Waals surface area contributed by atoms with Crippen LogP contribution < -0.4 is 0 Å². The second-order valence-corrected chi connectivity index (χ2v) is 4.83. The van der Waals surface area contributed by atoms with E-state index in [1.165, 1.54) is 0 Å². The van der Waals surface area contributed by atoms with Gasteiger partial charge in [0.15, 0.2) is 0 Å². The first kappa shape index (κ1) is 15.5. The van der Waals surface area contributed by atoms with E-state index >= 15 is 0 Å². The molecule has 0 bridgehead atoms. The maximum Gasteiger partial charge on any atom is 0.417 e. The van der Waals surface area contributed by atoms with Crippen LogP contribution >= 0.6 is 0 Å². The van der Waals surface area contributed by atoms with E-state index in [4.69, 9.17) is 0 Å². The van der Waals surface area contributed by atoms with Gasteiger partial charge in [0, 0.05) is 18.3 Å². The van der Waals surface area contributed by atoms with Gasteiger partial charge in [-0.05, 0) is 39.8 Å². The molecule has 0 spiro atoms. The Bertz CT molecular complexity index is 430. The molecule has 6 heteroatoms. The van der Waals surface area contributed by atoms with Crippen LogP contribution in [0.25, 0.3) is 0 Å². The molecule has 0 N–H and O–H groups in total. The minimum Gasteiger partial charge on any atom is -0.332 e. The highest BCUT2D eigenvalue weighted by molar-refractivity contribution is 5.92. The lowest BCUT2D eigenvalue weighted by molar-refractivity contribution is -0.137. The molecule has 1 aromatic rings. The van der Waals surface area contributed by atoms with E-state index in [0.29, 0.717) is 6.20 Å². The summed E-state index contributed by atoms with van der Waals surface area (Å²) < 4.78 is 37.2. The second-order valence-electron chi connectivity index (χ2n) is 4.83. The Morgan fingerprint density at radius 2 is 1.68 bits per heavy atom. The van der Waals surface area contributed by atoms with Crippen LogP contribution in [0.4, 0.5) is 13.2 Å². The third-order valence-electron chi connectivity index (χ3n) is 2.66. The van der Waals surface area contributed by atoms with Crippen molar-refractivity contribution in [1.29, 1.82) is 0 Å². The number of alkyl halides is 3. The molecule has 1 heterocycles. The van der Waals surface area contributed by atoms with E-state index in [1.54, 1.807) is 4.90 Å². The van der Waals surface area contributed by atoms with Crippen molar-refractivity contribution in [3.8, 4) is 0 Å². The first-order valence-corrected chi connectivity index (χ1v) is 6.00. The maximum absolute atomic E-state index is 12.4. The lowest BCUT2D eigenvalue weighted by Crippen LogP contribution is -2.42. The van der Waals surface area contributed by atoms with Gasteiger partial charge in [0.05, 0.1) is 5.56 Å². The Labute approximate surface area is 110 Å². The molecule has 0 saturated carbocycles. The molecule has 1 amide bonds. The Morgan fingerprint density at radius 3 is 2.00 bits per heavy atom. The van der Waals surface area contributed by atoms with Crippen molar-refractivity contribution < 1.29 is 18.0 Å². The number of hydrogen-bond acceptors (Lipinski definition) is 2. The van der Waals surface area contributed by atoms with E-state index < -0.39 is 11.7 Å². The third kappa shape index (κ3) is 3.68. The van der Waals surface area contributed by atoms with E-state index in [9.17, 15) is 18.0 Å². The normalized spacial score (nSPS) is 12.1. The molecule has 0 aromatic carbocycles. The summed E-state index contributed by atoms with van der Waals surface area (Å²) in [6.07, 6.45) is -3.75. The van der Waals surface area contributed by atoms with Crippen LogP contribution in [0.3, 0.4) is 0 Å². The molecule has 0 aliphatic rings. The molecule has 0 saturated heterocycles. The SMILES string of the molecule is CC(C)N(C(=O)c1ccc(C(F)(F)F)cn1)C(C)C. The number of halogens is 3. The van der Waals surface area contributed by atoms with E-state index in [2.05, 4.69) is 4.98 Å². The maximum atomic E-state index is 12.4. The predicted octanol–water partition coefficient (Wildman–Crippen LogP) is 3.36. The molecule has 3 nitrogen and oxygen atoms in total. The highest BCUT2D eigenvalue weighted by atomic mass is 19.4. The topological polar surface area (TPSA) is 33.2 Å². The van der Waals surface area contributed by atoms with Crippen molar-refractivity contribution in [2.75, 3.05) is 0 Å². The molecule has 19 heavy (non-hydrogen) atoms. The van der Waals surface area contributed by atoms with Crippen molar-refractivity contribution in [2.45, 2.75) is 46.0 Å². The zero-order valence-corrected chi connectivity index (χ0v) is 11.3. The smallest absolute Gasteiger partial charge is 0.332 e. The lowest BCUT2D eigenvalue weighted by Gasteiger charge is -2.30. The van der Waals surface area contributed by atoms with Gasteiger partial charge < -0.3 is 4.90 Å². The van der Waals surface area contributed by atoms with Crippen molar-refractivity contribution in [3.05, 3.63) is 29.6 Å². The van der Waals surface area contributed by atoms with Crippen molar-refractivity contribution >= 4 is 5.91 Å². The molecular weight excluding hydrogens is 257 g/mol. The largest absolute Gasteiger partial charge is 0.417 e. The highest BCUT2D eigenvalue weighted by Crippen LogP contribution is 2.28. The molecule has 0 radical (unpaired) electrons. The zero-order chi connectivity index (χ0) is 14.8. The van der Waals surface area contributed by atoms with Gasteiger partial charge in [0.1, 0.15) is 5.69 Å². The molecule has 0 aliphatic carbocycles. The van der Waals surface area contributed by atoms with E-state index in [-0.39, 0.29) is 23.7 Å². The highest BCUT2D eigenvalue weighted by Gasteiger charge is 2.31. The number of amides is 1. The third-order valence-corrected chi connectivity index (χ3v) is 2.66. The van der Waals surface area contributed by atoms with Gasteiger partial charge in [-0.2, -0.15) is 13.2 Å². The number of hydrogen-bond donors (Lipinski definition) is 0. The molecule has 106 valence electrons. The van der Waals surface area contributed by atoms with Crippen LogP contribution in [0.2, 0.25) is 0 Å². The van der Waals surface area contributed by atoms with Crippen LogP contribution in [-0.4, -0.2) is 27.9 Å². The van der Waals surface area contributed by atoms with E-state index in [0.717, 1.165) is 12.1 Å². The molecule has 0 atom stereocenters. The molecular formula is C13H17F3N2O. The Hall–Kier alpha value is -1.59. The summed E-state index contributed by atoms with van der Waals surface area (Å²) in [5.41, 5.74) is -0.833. The Balaban J connectivity index is 3.01. The number of nitrogens with zero attached hydrogens (tertiary/aromatic N) is 2. The van der Waals surface area contributed by atoms with Crippen molar-refractivity contribution in [3.63, 3.8) is 0 Å². The minimum absolute atomic E-state index is 0.0235. The lowest BCUT2D eigenvalue weighted by atomic mass is 10.2. The van der Waals surface area contributed by atoms with Gasteiger partial charge in [-0.1, -0.05) is 0 Å². The fourth-order valence-corrected chi connectivity index (χ4v) is 1.89. The molecule has 0 unspecified atom stereocenters. The van der Waals surface area contributed by atoms with Gasteiger partial charge in [-0.25, -0.2) is 0 Å². The van der Waals surface area contributed by atoms with Gasteiger partial charge in [-0.15, -0.1) is 0 Å². The quantitative estimate of drug-likeness (QED) is 0.846. The van der Waals surface area contributed by atoms with Gasteiger partial charge in [0.25, 0.3) is 5.91 Å². The van der Waals surface area contributed by atoms with Crippen LogP contribution in [-0.2, 0) is 6.18 Å². The summed E-state index contributed by atoms with van der Waals surface area (Å²) in [5, 5.41) is 0. The molecule has 0 fully saturated rings. The first-order chi connectivity index (χ1) is 8.64.